The average molecular weight is 237 g/mol. The zero-order valence-corrected chi connectivity index (χ0v) is 11.2. The van der Waals surface area contributed by atoms with Crippen LogP contribution < -0.4 is 10.1 Å². The minimum atomic E-state index is -0.0862. The van der Waals surface area contributed by atoms with Crippen LogP contribution in [0.15, 0.2) is 18.2 Å². The third-order valence-corrected chi connectivity index (χ3v) is 2.78. The maximum Gasteiger partial charge on any atom is 0.123 e. The first-order valence-corrected chi connectivity index (χ1v) is 5.93. The Kier molecular flexibility index (Phi) is 4.97. The largest absolute Gasteiger partial charge is 0.496 e. The summed E-state index contributed by atoms with van der Waals surface area (Å²) in [5, 5.41) is 12.5. The van der Waals surface area contributed by atoms with Gasteiger partial charge in [-0.3, -0.25) is 0 Å². The van der Waals surface area contributed by atoms with Crippen molar-refractivity contribution in [1.29, 1.82) is 0 Å². The Labute approximate surface area is 104 Å². The number of benzene rings is 1. The van der Waals surface area contributed by atoms with Crippen molar-refractivity contribution in [3.8, 4) is 5.75 Å². The van der Waals surface area contributed by atoms with Crippen molar-refractivity contribution in [3.05, 3.63) is 29.3 Å². The number of hydrogen-bond donors (Lipinski definition) is 2. The van der Waals surface area contributed by atoms with Crippen molar-refractivity contribution < 1.29 is 9.84 Å². The third kappa shape index (κ3) is 4.36. The fraction of sp³-hybridized carbons (Fsp3) is 0.571. The van der Waals surface area contributed by atoms with Crippen LogP contribution in [0.25, 0.3) is 0 Å². The average Bonchev–Trinajstić information content (AvgIpc) is 2.29. The summed E-state index contributed by atoms with van der Waals surface area (Å²) in [5.41, 5.74) is 2.29. The summed E-state index contributed by atoms with van der Waals surface area (Å²) in [4.78, 5) is 0. The molecule has 0 atom stereocenters. The summed E-state index contributed by atoms with van der Waals surface area (Å²) in [6.07, 6.45) is 0. The van der Waals surface area contributed by atoms with E-state index in [1.165, 1.54) is 5.56 Å². The number of aliphatic hydroxyl groups is 1. The van der Waals surface area contributed by atoms with Gasteiger partial charge < -0.3 is 15.2 Å². The summed E-state index contributed by atoms with van der Waals surface area (Å²) >= 11 is 0. The van der Waals surface area contributed by atoms with E-state index in [0.29, 0.717) is 0 Å². The van der Waals surface area contributed by atoms with Crippen LogP contribution in [-0.4, -0.2) is 25.4 Å². The molecule has 3 nitrogen and oxygen atoms in total. The first-order valence-electron chi connectivity index (χ1n) is 5.93. The highest BCUT2D eigenvalue weighted by molar-refractivity contribution is 5.36. The molecule has 96 valence electrons. The summed E-state index contributed by atoms with van der Waals surface area (Å²) in [6.45, 7) is 7.86. The van der Waals surface area contributed by atoms with Crippen molar-refractivity contribution in [1.82, 2.24) is 5.32 Å². The number of aliphatic hydroxyl groups excluding tert-OH is 1. The van der Waals surface area contributed by atoms with E-state index < -0.39 is 0 Å². The van der Waals surface area contributed by atoms with Crippen molar-refractivity contribution >= 4 is 0 Å². The van der Waals surface area contributed by atoms with Crippen molar-refractivity contribution in [3.63, 3.8) is 0 Å². The highest BCUT2D eigenvalue weighted by atomic mass is 16.5. The Balaban J connectivity index is 2.59. The second-order valence-corrected chi connectivity index (χ2v) is 5.24. The third-order valence-electron chi connectivity index (χ3n) is 2.78. The predicted octanol–water partition coefficient (Wildman–Crippen LogP) is 2.11. The predicted molar refractivity (Wildman–Crippen MR) is 70.3 cm³/mol. The quantitative estimate of drug-likeness (QED) is 0.796. The lowest BCUT2D eigenvalue weighted by Crippen LogP contribution is -2.31. The fourth-order valence-corrected chi connectivity index (χ4v) is 1.64. The monoisotopic (exact) mass is 237 g/mol. The van der Waals surface area contributed by atoms with Crippen LogP contribution in [0.3, 0.4) is 0 Å². The van der Waals surface area contributed by atoms with E-state index in [1.54, 1.807) is 7.11 Å². The molecule has 0 spiro atoms. The standard InChI is InChI=1S/C14H23NO2/c1-11-5-6-13(17-4)12(7-11)8-15-9-14(2,3)10-16/h5-7,15-16H,8-10H2,1-4H3. The Hall–Kier alpha value is -1.06. The molecule has 2 N–H and O–H groups in total. The first kappa shape index (κ1) is 14.0. The second-order valence-electron chi connectivity index (χ2n) is 5.24. The van der Waals surface area contributed by atoms with E-state index in [-0.39, 0.29) is 12.0 Å². The molecule has 0 saturated heterocycles. The molecule has 0 aliphatic heterocycles. The molecule has 3 heteroatoms. The molecule has 0 unspecified atom stereocenters. The molecule has 17 heavy (non-hydrogen) atoms. The normalized spacial score (nSPS) is 11.6. The van der Waals surface area contributed by atoms with E-state index >= 15 is 0 Å². The summed E-state index contributed by atoms with van der Waals surface area (Å²) in [6, 6.07) is 6.15. The maximum absolute atomic E-state index is 9.17. The fourth-order valence-electron chi connectivity index (χ4n) is 1.64. The van der Waals surface area contributed by atoms with E-state index in [9.17, 15) is 5.11 Å². The van der Waals surface area contributed by atoms with Crippen LogP contribution in [0.1, 0.15) is 25.0 Å². The second kappa shape index (κ2) is 6.03. The molecule has 0 heterocycles. The number of hydrogen-bond acceptors (Lipinski definition) is 3. The van der Waals surface area contributed by atoms with Gasteiger partial charge in [0.05, 0.1) is 7.11 Å². The molecule has 1 aromatic carbocycles. The van der Waals surface area contributed by atoms with Crippen LogP contribution in [0.4, 0.5) is 0 Å². The topological polar surface area (TPSA) is 41.5 Å². The smallest absolute Gasteiger partial charge is 0.123 e. The van der Waals surface area contributed by atoms with Crippen LogP contribution >= 0.6 is 0 Å². The highest BCUT2D eigenvalue weighted by Gasteiger charge is 2.15. The van der Waals surface area contributed by atoms with Gasteiger partial charge in [-0.05, 0) is 13.0 Å². The lowest BCUT2D eigenvalue weighted by atomic mass is 9.95. The molecular weight excluding hydrogens is 214 g/mol. The van der Waals surface area contributed by atoms with Gasteiger partial charge in [-0.25, -0.2) is 0 Å². The van der Waals surface area contributed by atoms with Crippen molar-refractivity contribution in [2.24, 2.45) is 5.41 Å². The Morgan fingerprint density at radius 1 is 1.35 bits per heavy atom. The number of ether oxygens (including phenoxy) is 1. The molecule has 0 aliphatic carbocycles. The number of methoxy groups -OCH3 is 1. The summed E-state index contributed by atoms with van der Waals surface area (Å²) in [5.74, 6) is 0.907. The van der Waals surface area contributed by atoms with Gasteiger partial charge in [0.25, 0.3) is 0 Å². The van der Waals surface area contributed by atoms with Gasteiger partial charge in [-0.2, -0.15) is 0 Å². The van der Waals surface area contributed by atoms with E-state index in [4.69, 9.17) is 4.74 Å². The number of nitrogens with one attached hydrogen (secondary N) is 1. The van der Waals surface area contributed by atoms with Crippen LogP contribution in [0.5, 0.6) is 5.75 Å². The van der Waals surface area contributed by atoms with Crippen molar-refractivity contribution in [2.45, 2.75) is 27.3 Å². The molecule has 0 saturated carbocycles. The molecule has 0 bridgehead atoms. The highest BCUT2D eigenvalue weighted by Crippen LogP contribution is 2.20. The molecule has 0 aromatic heterocycles. The van der Waals surface area contributed by atoms with Crippen LogP contribution in [0, 0.1) is 12.3 Å². The molecule has 1 rings (SSSR count). The first-order chi connectivity index (χ1) is 7.98. The Bertz CT molecular complexity index is 361. The molecule has 0 aliphatic rings. The lowest BCUT2D eigenvalue weighted by molar-refractivity contribution is 0.156. The van der Waals surface area contributed by atoms with E-state index in [0.717, 1.165) is 24.4 Å². The zero-order valence-electron chi connectivity index (χ0n) is 11.2. The van der Waals surface area contributed by atoms with Crippen LogP contribution in [0.2, 0.25) is 0 Å². The number of aryl methyl sites for hydroxylation is 1. The van der Waals surface area contributed by atoms with Crippen LogP contribution in [-0.2, 0) is 6.54 Å². The maximum atomic E-state index is 9.17. The molecular formula is C14H23NO2. The number of rotatable bonds is 6. The molecule has 1 aromatic rings. The van der Waals surface area contributed by atoms with Gasteiger partial charge in [0.1, 0.15) is 5.75 Å². The molecule has 0 radical (unpaired) electrons. The SMILES string of the molecule is COc1ccc(C)cc1CNCC(C)(C)CO. The molecule has 0 amide bonds. The minimum Gasteiger partial charge on any atom is -0.496 e. The Morgan fingerprint density at radius 3 is 2.65 bits per heavy atom. The van der Waals surface area contributed by atoms with Gasteiger partial charge >= 0.3 is 0 Å². The van der Waals surface area contributed by atoms with Gasteiger partial charge in [-0.1, -0.05) is 31.5 Å². The van der Waals surface area contributed by atoms with E-state index in [1.807, 2.05) is 26.0 Å². The van der Waals surface area contributed by atoms with E-state index in [2.05, 4.69) is 18.3 Å². The van der Waals surface area contributed by atoms with Gasteiger partial charge in [0, 0.05) is 30.7 Å². The zero-order chi connectivity index (χ0) is 12.9. The van der Waals surface area contributed by atoms with Gasteiger partial charge in [0.15, 0.2) is 0 Å². The van der Waals surface area contributed by atoms with Crippen molar-refractivity contribution in [2.75, 3.05) is 20.3 Å². The summed E-state index contributed by atoms with van der Waals surface area (Å²) < 4.78 is 5.32. The van der Waals surface area contributed by atoms with Gasteiger partial charge in [0.2, 0.25) is 0 Å². The summed E-state index contributed by atoms with van der Waals surface area (Å²) in [7, 11) is 1.69. The lowest BCUT2D eigenvalue weighted by Gasteiger charge is -2.22. The molecule has 0 fully saturated rings. The van der Waals surface area contributed by atoms with Gasteiger partial charge in [-0.15, -0.1) is 0 Å². The minimum absolute atomic E-state index is 0.0862. The Morgan fingerprint density at radius 2 is 2.06 bits per heavy atom.